The van der Waals surface area contributed by atoms with Gasteiger partial charge in [-0.3, -0.25) is 0 Å². The summed E-state index contributed by atoms with van der Waals surface area (Å²) in [5, 5.41) is 9.87. The lowest BCUT2D eigenvalue weighted by molar-refractivity contribution is -0.156. The van der Waals surface area contributed by atoms with Crippen LogP contribution in [0.5, 0.6) is 0 Å². The second-order valence-corrected chi connectivity index (χ2v) is 4.17. The minimum absolute atomic E-state index is 0.170. The van der Waals surface area contributed by atoms with Gasteiger partial charge in [0, 0.05) is 5.41 Å². The largest absolute Gasteiger partial charge is 0.467 e. The highest BCUT2D eigenvalue weighted by Crippen LogP contribution is 2.57. The molecule has 0 aromatic rings. The summed E-state index contributed by atoms with van der Waals surface area (Å²) in [4.78, 5) is 11.3. The zero-order valence-corrected chi connectivity index (χ0v) is 9.25. The van der Waals surface area contributed by atoms with Gasteiger partial charge in [0.15, 0.2) is 6.10 Å². The maximum atomic E-state index is 11.3. The molecular formula is C11H20O3. The van der Waals surface area contributed by atoms with Crippen LogP contribution < -0.4 is 0 Å². The van der Waals surface area contributed by atoms with Crippen LogP contribution >= 0.6 is 0 Å². The molecule has 0 saturated heterocycles. The SMILES string of the molecule is CCC(CC)C1(C(O)C(=O)OC)CC1. The summed E-state index contributed by atoms with van der Waals surface area (Å²) in [6.07, 6.45) is 3.03. The zero-order chi connectivity index (χ0) is 10.8. The minimum Gasteiger partial charge on any atom is -0.467 e. The summed E-state index contributed by atoms with van der Waals surface area (Å²) < 4.78 is 4.59. The van der Waals surface area contributed by atoms with Gasteiger partial charge in [0.25, 0.3) is 0 Å². The molecule has 1 rings (SSSR count). The quantitative estimate of drug-likeness (QED) is 0.687. The molecule has 0 aliphatic heterocycles. The monoisotopic (exact) mass is 200 g/mol. The molecule has 1 N–H and O–H groups in total. The Labute approximate surface area is 85.5 Å². The van der Waals surface area contributed by atoms with Crippen molar-refractivity contribution in [1.82, 2.24) is 0 Å². The molecule has 0 amide bonds. The summed E-state index contributed by atoms with van der Waals surface area (Å²) in [7, 11) is 1.33. The van der Waals surface area contributed by atoms with E-state index in [2.05, 4.69) is 18.6 Å². The molecule has 0 bridgehead atoms. The summed E-state index contributed by atoms with van der Waals surface area (Å²) in [5.41, 5.74) is -0.170. The molecule has 1 unspecified atom stereocenters. The fourth-order valence-corrected chi connectivity index (χ4v) is 2.50. The third-order valence-corrected chi connectivity index (χ3v) is 3.60. The number of methoxy groups -OCH3 is 1. The number of carbonyl (C=O) groups excluding carboxylic acids is 1. The van der Waals surface area contributed by atoms with Gasteiger partial charge in [-0.2, -0.15) is 0 Å². The van der Waals surface area contributed by atoms with Gasteiger partial charge in [-0.1, -0.05) is 26.7 Å². The van der Waals surface area contributed by atoms with Gasteiger partial charge in [0.1, 0.15) is 0 Å². The minimum atomic E-state index is -0.919. The Morgan fingerprint density at radius 3 is 2.21 bits per heavy atom. The molecule has 0 heterocycles. The predicted octanol–water partition coefficient (Wildman–Crippen LogP) is 1.74. The maximum absolute atomic E-state index is 11.3. The Balaban J connectivity index is 2.69. The van der Waals surface area contributed by atoms with Crippen molar-refractivity contribution in [3.63, 3.8) is 0 Å². The third-order valence-electron chi connectivity index (χ3n) is 3.60. The number of aliphatic hydroxyl groups excluding tert-OH is 1. The van der Waals surface area contributed by atoms with Crippen molar-refractivity contribution in [1.29, 1.82) is 0 Å². The van der Waals surface area contributed by atoms with E-state index in [4.69, 9.17) is 0 Å². The number of rotatable bonds is 5. The van der Waals surface area contributed by atoms with E-state index in [1.54, 1.807) is 0 Å². The molecule has 1 saturated carbocycles. The summed E-state index contributed by atoms with van der Waals surface area (Å²) >= 11 is 0. The van der Waals surface area contributed by atoms with Crippen LogP contribution in [0.4, 0.5) is 0 Å². The van der Waals surface area contributed by atoms with E-state index in [-0.39, 0.29) is 5.41 Å². The predicted molar refractivity (Wildman–Crippen MR) is 53.8 cm³/mol. The van der Waals surface area contributed by atoms with Gasteiger partial charge in [0.05, 0.1) is 7.11 Å². The molecule has 0 aromatic heterocycles. The highest BCUT2D eigenvalue weighted by molar-refractivity contribution is 5.76. The van der Waals surface area contributed by atoms with E-state index in [0.717, 1.165) is 25.7 Å². The summed E-state index contributed by atoms with van der Waals surface area (Å²) in [6.45, 7) is 4.22. The van der Waals surface area contributed by atoms with Crippen molar-refractivity contribution in [2.24, 2.45) is 11.3 Å². The van der Waals surface area contributed by atoms with Crippen LogP contribution in [0.25, 0.3) is 0 Å². The first-order chi connectivity index (χ1) is 6.62. The van der Waals surface area contributed by atoms with Gasteiger partial charge in [-0.25, -0.2) is 4.79 Å². The smallest absolute Gasteiger partial charge is 0.335 e. The van der Waals surface area contributed by atoms with Gasteiger partial charge in [0.2, 0.25) is 0 Å². The Kier molecular flexibility index (Phi) is 3.53. The van der Waals surface area contributed by atoms with Crippen molar-refractivity contribution in [2.45, 2.75) is 45.6 Å². The lowest BCUT2D eigenvalue weighted by atomic mass is 9.80. The van der Waals surface area contributed by atoms with Crippen LogP contribution in [0, 0.1) is 11.3 Å². The van der Waals surface area contributed by atoms with Gasteiger partial charge in [-0.05, 0) is 18.8 Å². The van der Waals surface area contributed by atoms with Crippen LogP contribution in [0.15, 0.2) is 0 Å². The van der Waals surface area contributed by atoms with E-state index in [1.165, 1.54) is 7.11 Å². The molecule has 3 heteroatoms. The highest BCUT2D eigenvalue weighted by Gasteiger charge is 2.56. The normalized spacial score (nSPS) is 20.6. The molecule has 1 fully saturated rings. The first-order valence-electron chi connectivity index (χ1n) is 5.38. The van der Waals surface area contributed by atoms with Gasteiger partial charge < -0.3 is 9.84 Å². The van der Waals surface area contributed by atoms with E-state index in [0.29, 0.717) is 5.92 Å². The van der Waals surface area contributed by atoms with E-state index in [1.807, 2.05) is 0 Å². The van der Waals surface area contributed by atoms with Crippen LogP contribution in [0.2, 0.25) is 0 Å². The number of hydrogen-bond donors (Lipinski definition) is 1. The zero-order valence-electron chi connectivity index (χ0n) is 9.25. The summed E-state index contributed by atoms with van der Waals surface area (Å²) in [5.74, 6) is -0.0361. The Morgan fingerprint density at radius 1 is 1.43 bits per heavy atom. The molecule has 1 aliphatic carbocycles. The van der Waals surface area contributed by atoms with Crippen molar-refractivity contribution in [2.75, 3.05) is 7.11 Å². The van der Waals surface area contributed by atoms with E-state index in [9.17, 15) is 9.90 Å². The maximum Gasteiger partial charge on any atom is 0.335 e. The van der Waals surface area contributed by atoms with E-state index >= 15 is 0 Å². The van der Waals surface area contributed by atoms with Crippen molar-refractivity contribution >= 4 is 5.97 Å². The van der Waals surface area contributed by atoms with Crippen molar-refractivity contribution in [3.05, 3.63) is 0 Å². The molecule has 3 nitrogen and oxygen atoms in total. The molecule has 0 radical (unpaired) electrons. The molecule has 0 spiro atoms. The standard InChI is InChI=1S/C11H20O3/c1-4-8(5-2)11(6-7-11)9(12)10(13)14-3/h8-9,12H,4-7H2,1-3H3. The molecule has 14 heavy (non-hydrogen) atoms. The number of esters is 1. The highest BCUT2D eigenvalue weighted by atomic mass is 16.5. The van der Waals surface area contributed by atoms with Crippen molar-refractivity contribution < 1.29 is 14.6 Å². The molecule has 82 valence electrons. The Morgan fingerprint density at radius 2 is 1.93 bits per heavy atom. The van der Waals surface area contributed by atoms with Crippen molar-refractivity contribution in [3.8, 4) is 0 Å². The Bertz CT molecular complexity index is 205. The molecule has 1 aliphatic rings. The number of carbonyl (C=O) groups is 1. The fraction of sp³-hybridized carbons (Fsp3) is 0.909. The van der Waals surface area contributed by atoms with Crippen LogP contribution in [-0.4, -0.2) is 24.3 Å². The molecule has 0 aromatic carbocycles. The van der Waals surface area contributed by atoms with Gasteiger partial charge >= 0.3 is 5.97 Å². The first kappa shape index (κ1) is 11.5. The number of aliphatic hydroxyl groups is 1. The van der Waals surface area contributed by atoms with Crippen LogP contribution in [-0.2, 0) is 9.53 Å². The second kappa shape index (κ2) is 4.30. The first-order valence-corrected chi connectivity index (χ1v) is 5.38. The average molecular weight is 200 g/mol. The Hall–Kier alpha value is -0.570. The average Bonchev–Trinajstić information content (AvgIpc) is 2.99. The molecular weight excluding hydrogens is 180 g/mol. The summed E-state index contributed by atoms with van der Waals surface area (Å²) in [6, 6.07) is 0. The topological polar surface area (TPSA) is 46.5 Å². The lowest BCUT2D eigenvalue weighted by Gasteiger charge is -2.28. The van der Waals surface area contributed by atoms with E-state index < -0.39 is 12.1 Å². The fourth-order valence-electron chi connectivity index (χ4n) is 2.50. The van der Waals surface area contributed by atoms with Crippen LogP contribution in [0.1, 0.15) is 39.5 Å². The lowest BCUT2D eigenvalue weighted by Crippen LogP contribution is -2.36. The molecule has 1 atom stereocenters. The second-order valence-electron chi connectivity index (χ2n) is 4.17. The number of ether oxygens (including phenoxy) is 1. The number of hydrogen-bond acceptors (Lipinski definition) is 3. The van der Waals surface area contributed by atoms with Gasteiger partial charge in [-0.15, -0.1) is 0 Å². The van der Waals surface area contributed by atoms with Crippen LogP contribution in [0.3, 0.4) is 0 Å². The third kappa shape index (κ3) is 1.78.